The Balaban J connectivity index is 1.55. The first-order chi connectivity index (χ1) is 13.1. The molecule has 4 heterocycles. The number of H-pyrrole nitrogens is 1. The SMILES string of the molecule is O=C(O)Cn1cccc1CN1CCc2nc(-c3cncnc3)[nH]c(=O)c2C1. The summed E-state index contributed by atoms with van der Waals surface area (Å²) in [6.07, 6.45) is 7.06. The van der Waals surface area contributed by atoms with Gasteiger partial charge in [-0.2, -0.15) is 0 Å². The van der Waals surface area contributed by atoms with E-state index in [1.165, 1.54) is 6.33 Å². The van der Waals surface area contributed by atoms with E-state index in [1.807, 2.05) is 12.1 Å². The highest BCUT2D eigenvalue weighted by Gasteiger charge is 2.22. The number of carbonyl (C=O) groups is 1. The van der Waals surface area contributed by atoms with Gasteiger partial charge in [-0.1, -0.05) is 0 Å². The van der Waals surface area contributed by atoms with Crippen LogP contribution in [0, 0.1) is 0 Å². The maximum Gasteiger partial charge on any atom is 0.323 e. The third-order valence-electron chi connectivity index (χ3n) is 4.60. The second-order valence-corrected chi connectivity index (χ2v) is 6.45. The fourth-order valence-electron chi connectivity index (χ4n) is 3.30. The number of carboxylic acid groups (broad SMARTS) is 1. The highest BCUT2D eigenvalue weighted by molar-refractivity contribution is 5.66. The Hall–Kier alpha value is -3.33. The van der Waals surface area contributed by atoms with E-state index in [-0.39, 0.29) is 12.1 Å². The van der Waals surface area contributed by atoms with Crippen molar-refractivity contribution in [2.45, 2.75) is 26.1 Å². The Labute approximate surface area is 154 Å². The standard InChI is InChI=1S/C18H18N6O3/c25-16(26)10-24-4-1-2-13(24)8-23-5-3-15-14(9-23)18(27)22-17(21-15)12-6-19-11-20-7-12/h1-2,4,6-7,11H,3,5,8-10H2,(H,25,26)(H,21,22,27). The van der Waals surface area contributed by atoms with Crippen LogP contribution < -0.4 is 5.56 Å². The fourth-order valence-corrected chi connectivity index (χ4v) is 3.30. The molecule has 0 amide bonds. The van der Waals surface area contributed by atoms with Crippen molar-refractivity contribution < 1.29 is 9.90 Å². The molecule has 0 aliphatic carbocycles. The summed E-state index contributed by atoms with van der Waals surface area (Å²) in [5.74, 6) is -0.405. The van der Waals surface area contributed by atoms with E-state index in [9.17, 15) is 9.59 Å². The molecule has 0 saturated heterocycles. The number of nitrogens with zero attached hydrogens (tertiary/aromatic N) is 5. The van der Waals surface area contributed by atoms with Gasteiger partial charge in [-0.25, -0.2) is 15.0 Å². The van der Waals surface area contributed by atoms with Crippen molar-refractivity contribution in [3.8, 4) is 11.4 Å². The molecule has 4 rings (SSSR count). The maximum absolute atomic E-state index is 12.6. The fraction of sp³-hybridized carbons (Fsp3) is 0.278. The van der Waals surface area contributed by atoms with Crippen molar-refractivity contribution in [2.75, 3.05) is 6.54 Å². The average Bonchev–Trinajstić information content (AvgIpc) is 3.09. The van der Waals surface area contributed by atoms with Gasteiger partial charge < -0.3 is 14.7 Å². The van der Waals surface area contributed by atoms with Gasteiger partial charge in [-0.3, -0.25) is 14.5 Å². The predicted octanol–water partition coefficient (Wildman–Crippen LogP) is 0.671. The lowest BCUT2D eigenvalue weighted by atomic mass is 10.1. The van der Waals surface area contributed by atoms with Gasteiger partial charge in [-0.05, 0) is 12.1 Å². The number of aromatic amines is 1. The van der Waals surface area contributed by atoms with E-state index < -0.39 is 5.97 Å². The topological polar surface area (TPSA) is 117 Å². The summed E-state index contributed by atoms with van der Waals surface area (Å²) < 4.78 is 1.71. The number of carboxylic acids is 1. The number of aromatic nitrogens is 5. The van der Waals surface area contributed by atoms with Gasteiger partial charge in [0.1, 0.15) is 18.7 Å². The molecular weight excluding hydrogens is 348 g/mol. The minimum atomic E-state index is -0.880. The number of hydrogen-bond donors (Lipinski definition) is 2. The molecular formula is C18H18N6O3. The molecule has 0 bridgehead atoms. The number of fused-ring (bicyclic) bond motifs is 1. The summed E-state index contributed by atoms with van der Waals surface area (Å²) >= 11 is 0. The lowest BCUT2D eigenvalue weighted by Gasteiger charge is -2.28. The number of nitrogens with one attached hydrogen (secondary N) is 1. The van der Waals surface area contributed by atoms with E-state index in [1.54, 1.807) is 23.2 Å². The molecule has 1 aliphatic rings. The first kappa shape index (κ1) is 17.1. The number of aliphatic carboxylic acids is 1. The molecule has 0 radical (unpaired) electrons. The van der Waals surface area contributed by atoms with Crippen LogP contribution in [0.3, 0.4) is 0 Å². The molecule has 138 valence electrons. The summed E-state index contributed by atoms with van der Waals surface area (Å²) in [5.41, 5.74) is 2.85. The highest BCUT2D eigenvalue weighted by Crippen LogP contribution is 2.19. The Morgan fingerprint density at radius 2 is 2.11 bits per heavy atom. The highest BCUT2D eigenvalue weighted by atomic mass is 16.4. The number of rotatable bonds is 5. The van der Waals surface area contributed by atoms with Crippen LogP contribution in [0.1, 0.15) is 17.0 Å². The van der Waals surface area contributed by atoms with Crippen LogP contribution in [-0.2, 0) is 30.8 Å². The zero-order chi connectivity index (χ0) is 18.8. The van der Waals surface area contributed by atoms with Gasteiger partial charge >= 0.3 is 5.97 Å². The quantitative estimate of drug-likeness (QED) is 0.681. The first-order valence-corrected chi connectivity index (χ1v) is 8.56. The van der Waals surface area contributed by atoms with Crippen LogP contribution in [0.2, 0.25) is 0 Å². The summed E-state index contributed by atoms with van der Waals surface area (Å²) in [6, 6.07) is 3.73. The molecule has 0 saturated carbocycles. The lowest BCUT2D eigenvalue weighted by Crippen LogP contribution is -2.36. The van der Waals surface area contributed by atoms with Crippen molar-refractivity contribution in [3.63, 3.8) is 0 Å². The zero-order valence-electron chi connectivity index (χ0n) is 14.5. The smallest absolute Gasteiger partial charge is 0.323 e. The molecule has 3 aromatic rings. The molecule has 2 N–H and O–H groups in total. The number of hydrogen-bond acceptors (Lipinski definition) is 6. The van der Waals surface area contributed by atoms with Crippen LogP contribution in [0.15, 0.2) is 41.8 Å². The zero-order valence-corrected chi connectivity index (χ0v) is 14.5. The second-order valence-electron chi connectivity index (χ2n) is 6.45. The molecule has 9 heteroatoms. The summed E-state index contributed by atoms with van der Waals surface area (Å²) in [4.78, 5) is 41.0. The van der Waals surface area contributed by atoms with Crippen LogP contribution in [-0.4, -0.2) is 47.0 Å². The molecule has 0 aromatic carbocycles. The minimum absolute atomic E-state index is 0.0720. The Bertz CT molecular complexity index is 1030. The summed E-state index contributed by atoms with van der Waals surface area (Å²) in [6.45, 7) is 1.72. The summed E-state index contributed by atoms with van der Waals surface area (Å²) in [5, 5.41) is 9.01. The van der Waals surface area contributed by atoms with Crippen LogP contribution in [0.5, 0.6) is 0 Å². The molecule has 0 fully saturated rings. The van der Waals surface area contributed by atoms with Crippen LogP contribution in [0.25, 0.3) is 11.4 Å². The largest absolute Gasteiger partial charge is 0.480 e. The monoisotopic (exact) mass is 366 g/mol. The third-order valence-corrected chi connectivity index (χ3v) is 4.60. The minimum Gasteiger partial charge on any atom is -0.480 e. The molecule has 0 spiro atoms. The van der Waals surface area contributed by atoms with Crippen molar-refractivity contribution >= 4 is 5.97 Å². The molecule has 0 atom stereocenters. The van der Waals surface area contributed by atoms with Crippen molar-refractivity contribution in [1.82, 2.24) is 29.4 Å². The van der Waals surface area contributed by atoms with E-state index in [0.29, 0.717) is 36.5 Å². The normalized spacial score (nSPS) is 14.1. The molecule has 0 unspecified atom stereocenters. The molecule has 27 heavy (non-hydrogen) atoms. The predicted molar refractivity (Wildman–Crippen MR) is 95.8 cm³/mol. The van der Waals surface area contributed by atoms with E-state index >= 15 is 0 Å². The van der Waals surface area contributed by atoms with E-state index in [2.05, 4.69) is 24.8 Å². The molecule has 3 aromatic heterocycles. The second kappa shape index (κ2) is 7.12. The van der Waals surface area contributed by atoms with Gasteiger partial charge in [0.05, 0.1) is 16.8 Å². The van der Waals surface area contributed by atoms with Crippen molar-refractivity contribution in [3.05, 3.63) is 64.4 Å². The maximum atomic E-state index is 12.6. The van der Waals surface area contributed by atoms with Gasteiger partial charge in [0.25, 0.3) is 5.56 Å². The average molecular weight is 366 g/mol. The van der Waals surface area contributed by atoms with Gasteiger partial charge in [0, 0.05) is 50.3 Å². The van der Waals surface area contributed by atoms with Crippen LogP contribution in [0.4, 0.5) is 0 Å². The van der Waals surface area contributed by atoms with Crippen molar-refractivity contribution in [1.29, 1.82) is 0 Å². The van der Waals surface area contributed by atoms with E-state index in [0.717, 1.165) is 17.9 Å². The first-order valence-electron chi connectivity index (χ1n) is 8.56. The summed E-state index contributed by atoms with van der Waals surface area (Å²) in [7, 11) is 0. The van der Waals surface area contributed by atoms with Crippen molar-refractivity contribution in [2.24, 2.45) is 0 Å². The van der Waals surface area contributed by atoms with Gasteiger partial charge in [0.2, 0.25) is 0 Å². The van der Waals surface area contributed by atoms with Gasteiger partial charge in [-0.15, -0.1) is 0 Å². The Morgan fingerprint density at radius 3 is 2.89 bits per heavy atom. The van der Waals surface area contributed by atoms with Crippen LogP contribution >= 0.6 is 0 Å². The van der Waals surface area contributed by atoms with E-state index in [4.69, 9.17) is 5.11 Å². The Morgan fingerprint density at radius 1 is 1.30 bits per heavy atom. The Kier molecular flexibility index (Phi) is 4.51. The molecule has 9 nitrogen and oxygen atoms in total. The van der Waals surface area contributed by atoms with Gasteiger partial charge in [0.15, 0.2) is 0 Å². The molecule has 1 aliphatic heterocycles. The third kappa shape index (κ3) is 3.63. The lowest BCUT2D eigenvalue weighted by molar-refractivity contribution is -0.137.